The molecular weight excluding hydrogens is 332 g/mol. The van der Waals surface area contributed by atoms with Gasteiger partial charge in [-0.3, -0.25) is 14.4 Å². The Morgan fingerprint density at radius 1 is 1.21 bits per heavy atom. The van der Waals surface area contributed by atoms with Gasteiger partial charge in [-0.1, -0.05) is 25.1 Å². The molecule has 8 heteroatoms. The van der Waals surface area contributed by atoms with Gasteiger partial charge in [0.2, 0.25) is 17.7 Å². The number of carbonyl (C=O) groups excluding carboxylic acids is 3. The lowest BCUT2D eigenvalue weighted by atomic mass is 10.2. The molecule has 24 heavy (non-hydrogen) atoms. The lowest BCUT2D eigenvalue weighted by Gasteiger charge is -2.28. The Kier molecular flexibility index (Phi) is 10.4. The van der Waals surface area contributed by atoms with Gasteiger partial charge in [0, 0.05) is 12.2 Å². The Morgan fingerprint density at radius 2 is 1.83 bits per heavy atom. The van der Waals surface area contributed by atoms with Crippen LogP contribution in [0.1, 0.15) is 20.3 Å². The Morgan fingerprint density at radius 3 is 2.38 bits per heavy atom. The largest absolute Gasteiger partial charge is 0.346 e. The lowest BCUT2D eigenvalue weighted by molar-refractivity contribution is -0.138. The zero-order valence-electron chi connectivity index (χ0n) is 14.0. The number of nitrogens with two attached hydrogens (primary N) is 1. The number of hydrogen-bond acceptors (Lipinski definition) is 4. The van der Waals surface area contributed by atoms with E-state index in [2.05, 4.69) is 10.6 Å². The van der Waals surface area contributed by atoms with Crippen LogP contribution in [-0.2, 0) is 14.4 Å². The van der Waals surface area contributed by atoms with Gasteiger partial charge >= 0.3 is 0 Å². The van der Waals surface area contributed by atoms with Crippen molar-refractivity contribution < 1.29 is 14.4 Å². The zero-order chi connectivity index (χ0) is 17.2. The van der Waals surface area contributed by atoms with E-state index in [1.54, 1.807) is 19.1 Å². The van der Waals surface area contributed by atoms with Crippen molar-refractivity contribution in [2.45, 2.75) is 26.3 Å². The first-order chi connectivity index (χ1) is 11.0. The molecule has 0 aliphatic heterocycles. The third-order valence-corrected chi connectivity index (χ3v) is 3.30. The molecule has 1 aromatic rings. The van der Waals surface area contributed by atoms with Crippen LogP contribution in [0.5, 0.6) is 0 Å². The predicted octanol–water partition coefficient (Wildman–Crippen LogP) is 0.749. The molecular formula is C16H25ClN4O3. The molecule has 3 amide bonds. The van der Waals surface area contributed by atoms with Gasteiger partial charge < -0.3 is 21.3 Å². The molecule has 1 rings (SSSR count). The van der Waals surface area contributed by atoms with Gasteiger partial charge in [-0.15, -0.1) is 12.4 Å². The zero-order valence-corrected chi connectivity index (χ0v) is 14.8. The maximum absolute atomic E-state index is 12.3. The number of carbonyl (C=O) groups is 3. The van der Waals surface area contributed by atoms with Crippen molar-refractivity contribution in [2.24, 2.45) is 5.73 Å². The molecule has 0 heterocycles. The number of rotatable bonds is 8. The second-order valence-electron chi connectivity index (χ2n) is 5.10. The fourth-order valence-corrected chi connectivity index (χ4v) is 2.03. The summed E-state index contributed by atoms with van der Waals surface area (Å²) in [5, 5.41) is 5.20. The summed E-state index contributed by atoms with van der Waals surface area (Å²) in [6, 6.07) is 8.40. The normalized spacial score (nSPS) is 11.0. The van der Waals surface area contributed by atoms with E-state index in [1.165, 1.54) is 4.90 Å². The standard InChI is InChI=1S/C16H24N4O3.ClH/c1-3-9-20(15(22)11-18-14(21)10-17)12(2)16(23)19-13-7-5-4-6-8-13;/h4-8,12H,3,9-11,17H2,1-2H3,(H,18,21)(H,19,23);1H. The van der Waals surface area contributed by atoms with E-state index >= 15 is 0 Å². The van der Waals surface area contributed by atoms with Crippen molar-refractivity contribution in [1.82, 2.24) is 10.2 Å². The van der Waals surface area contributed by atoms with Gasteiger partial charge in [0.1, 0.15) is 6.04 Å². The van der Waals surface area contributed by atoms with Gasteiger partial charge in [-0.2, -0.15) is 0 Å². The third kappa shape index (κ3) is 6.97. The van der Waals surface area contributed by atoms with E-state index in [1.807, 2.05) is 25.1 Å². The van der Waals surface area contributed by atoms with E-state index in [0.29, 0.717) is 18.7 Å². The summed E-state index contributed by atoms with van der Waals surface area (Å²) in [5.41, 5.74) is 5.86. The maximum atomic E-state index is 12.3. The number of nitrogens with one attached hydrogen (secondary N) is 2. The van der Waals surface area contributed by atoms with Crippen molar-refractivity contribution in [3.05, 3.63) is 30.3 Å². The SMILES string of the molecule is CCCN(C(=O)CNC(=O)CN)C(C)C(=O)Nc1ccccc1.Cl. The highest BCUT2D eigenvalue weighted by molar-refractivity contribution is 5.97. The van der Waals surface area contributed by atoms with Gasteiger partial charge in [0.15, 0.2) is 0 Å². The second-order valence-corrected chi connectivity index (χ2v) is 5.10. The number of benzene rings is 1. The topological polar surface area (TPSA) is 105 Å². The summed E-state index contributed by atoms with van der Waals surface area (Å²) in [4.78, 5) is 37.2. The molecule has 0 bridgehead atoms. The molecule has 134 valence electrons. The average molecular weight is 357 g/mol. The molecule has 0 aliphatic rings. The first-order valence-corrected chi connectivity index (χ1v) is 7.61. The number of anilines is 1. The van der Waals surface area contributed by atoms with Crippen molar-refractivity contribution in [1.29, 1.82) is 0 Å². The maximum Gasteiger partial charge on any atom is 0.246 e. The summed E-state index contributed by atoms with van der Waals surface area (Å²) in [7, 11) is 0. The highest BCUT2D eigenvalue weighted by Crippen LogP contribution is 2.09. The molecule has 4 N–H and O–H groups in total. The summed E-state index contributed by atoms with van der Waals surface area (Å²) in [6.45, 7) is 3.67. The van der Waals surface area contributed by atoms with E-state index < -0.39 is 11.9 Å². The highest BCUT2D eigenvalue weighted by atomic mass is 35.5. The summed E-state index contributed by atoms with van der Waals surface area (Å²) in [6.07, 6.45) is 0.708. The van der Waals surface area contributed by atoms with Crippen LogP contribution in [0.4, 0.5) is 5.69 Å². The van der Waals surface area contributed by atoms with Gasteiger partial charge in [-0.25, -0.2) is 0 Å². The Hall–Kier alpha value is -2.12. The molecule has 0 spiro atoms. The molecule has 0 saturated carbocycles. The van der Waals surface area contributed by atoms with E-state index in [-0.39, 0.29) is 37.3 Å². The highest BCUT2D eigenvalue weighted by Gasteiger charge is 2.25. The predicted molar refractivity (Wildman–Crippen MR) is 95.8 cm³/mol. The minimum absolute atomic E-state index is 0. The molecule has 1 unspecified atom stereocenters. The van der Waals surface area contributed by atoms with Crippen LogP contribution in [0.3, 0.4) is 0 Å². The van der Waals surface area contributed by atoms with Crippen molar-refractivity contribution in [3.8, 4) is 0 Å². The molecule has 0 aromatic heterocycles. The summed E-state index contributed by atoms with van der Waals surface area (Å²) < 4.78 is 0. The fourth-order valence-electron chi connectivity index (χ4n) is 2.03. The van der Waals surface area contributed by atoms with Crippen LogP contribution in [0.25, 0.3) is 0 Å². The van der Waals surface area contributed by atoms with Crippen LogP contribution in [0, 0.1) is 0 Å². The smallest absolute Gasteiger partial charge is 0.246 e. The van der Waals surface area contributed by atoms with Crippen LogP contribution < -0.4 is 16.4 Å². The summed E-state index contributed by atoms with van der Waals surface area (Å²) >= 11 is 0. The van der Waals surface area contributed by atoms with E-state index in [4.69, 9.17) is 5.73 Å². The number of halogens is 1. The monoisotopic (exact) mass is 356 g/mol. The molecule has 0 radical (unpaired) electrons. The van der Waals surface area contributed by atoms with Gasteiger partial charge in [0.05, 0.1) is 13.1 Å². The fraction of sp³-hybridized carbons (Fsp3) is 0.438. The van der Waals surface area contributed by atoms with Crippen LogP contribution >= 0.6 is 12.4 Å². The second kappa shape index (κ2) is 11.4. The number of para-hydroxylation sites is 1. The van der Waals surface area contributed by atoms with Crippen LogP contribution in [0.2, 0.25) is 0 Å². The average Bonchev–Trinajstić information content (AvgIpc) is 2.57. The van der Waals surface area contributed by atoms with Crippen LogP contribution in [0.15, 0.2) is 30.3 Å². The molecule has 0 saturated heterocycles. The minimum atomic E-state index is -0.641. The summed E-state index contributed by atoms with van der Waals surface area (Å²) in [5.74, 6) is -0.997. The quantitative estimate of drug-likeness (QED) is 0.639. The number of amides is 3. The molecule has 1 aromatic carbocycles. The molecule has 0 fully saturated rings. The Labute approximate surface area is 148 Å². The van der Waals surface area contributed by atoms with Crippen molar-refractivity contribution in [2.75, 3.05) is 25.0 Å². The van der Waals surface area contributed by atoms with Crippen molar-refractivity contribution in [3.63, 3.8) is 0 Å². The minimum Gasteiger partial charge on any atom is -0.346 e. The lowest BCUT2D eigenvalue weighted by Crippen LogP contribution is -2.50. The third-order valence-electron chi connectivity index (χ3n) is 3.30. The first kappa shape index (κ1) is 21.9. The first-order valence-electron chi connectivity index (χ1n) is 7.61. The van der Waals surface area contributed by atoms with Crippen molar-refractivity contribution >= 4 is 35.8 Å². The van der Waals surface area contributed by atoms with Gasteiger partial charge in [0.25, 0.3) is 0 Å². The Bertz CT molecular complexity index is 539. The number of nitrogens with zero attached hydrogens (tertiary/aromatic N) is 1. The van der Waals surface area contributed by atoms with E-state index in [9.17, 15) is 14.4 Å². The van der Waals surface area contributed by atoms with Gasteiger partial charge in [-0.05, 0) is 25.5 Å². The molecule has 1 atom stereocenters. The van der Waals surface area contributed by atoms with E-state index in [0.717, 1.165) is 0 Å². The number of hydrogen-bond donors (Lipinski definition) is 3. The molecule has 0 aliphatic carbocycles. The molecule has 7 nitrogen and oxygen atoms in total. The van der Waals surface area contributed by atoms with Crippen LogP contribution in [-0.4, -0.2) is 48.3 Å². The Balaban J connectivity index is 0.00000529.